The summed E-state index contributed by atoms with van der Waals surface area (Å²) in [7, 11) is 0. The normalized spacial score (nSPS) is 22.5. The molecule has 1 aliphatic carbocycles. The van der Waals surface area contributed by atoms with Crippen LogP contribution in [0.25, 0.3) is 0 Å². The second-order valence-electron chi connectivity index (χ2n) is 8.38. The highest BCUT2D eigenvalue weighted by atomic mass is 32.2. The van der Waals surface area contributed by atoms with Crippen LogP contribution < -0.4 is 5.32 Å². The van der Waals surface area contributed by atoms with E-state index in [1.165, 1.54) is 30.2 Å². The quantitative estimate of drug-likeness (QED) is 0.322. The zero-order chi connectivity index (χ0) is 22.7. The molecular weight excluding hydrogens is 442 g/mol. The van der Waals surface area contributed by atoms with E-state index >= 15 is 0 Å². The summed E-state index contributed by atoms with van der Waals surface area (Å²) in [4.78, 5) is 34.2. The van der Waals surface area contributed by atoms with Crippen LogP contribution >= 0.6 is 23.5 Å². The average molecular weight is 472 g/mol. The fourth-order valence-corrected chi connectivity index (χ4v) is 7.20. The van der Waals surface area contributed by atoms with Crippen LogP contribution in [0.1, 0.15) is 68.3 Å². The minimum atomic E-state index is -0.393. The lowest BCUT2D eigenvalue weighted by Gasteiger charge is -2.29. The maximum absolute atomic E-state index is 13.1. The highest BCUT2D eigenvalue weighted by molar-refractivity contribution is 8.01. The van der Waals surface area contributed by atoms with Gasteiger partial charge in [0.05, 0.1) is 17.4 Å². The van der Waals surface area contributed by atoms with Crippen molar-refractivity contribution >= 4 is 41.1 Å². The third kappa shape index (κ3) is 4.96. The molecule has 2 aliphatic rings. The summed E-state index contributed by atoms with van der Waals surface area (Å²) in [5.74, 6) is 0.749. The summed E-state index contributed by atoms with van der Waals surface area (Å²) in [5, 5.41) is 5.28. The maximum Gasteiger partial charge on any atom is 0.338 e. The van der Waals surface area contributed by atoms with Gasteiger partial charge < -0.3 is 10.1 Å². The summed E-state index contributed by atoms with van der Waals surface area (Å²) >= 11 is 3.41. The molecule has 1 saturated carbocycles. The van der Waals surface area contributed by atoms with Crippen molar-refractivity contribution in [3.63, 3.8) is 0 Å². The molecule has 8 heteroatoms. The minimum absolute atomic E-state index is 0.0923. The molecule has 0 bridgehead atoms. The summed E-state index contributed by atoms with van der Waals surface area (Å²) in [6.45, 7) is 6.42. The van der Waals surface area contributed by atoms with Crippen molar-refractivity contribution in [1.29, 1.82) is 0 Å². The Morgan fingerprint density at radius 1 is 1.28 bits per heavy atom. The SMILES string of the molecule is CCOC(=O)c1cccc(NC(=O)C(CC)Sc2ncnc3c2C2CCC(C)CC2S3)c1. The van der Waals surface area contributed by atoms with Gasteiger partial charge in [0.25, 0.3) is 0 Å². The Balaban J connectivity index is 1.48. The van der Waals surface area contributed by atoms with E-state index in [-0.39, 0.29) is 11.2 Å². The second kappa shape index (κ2) is 10.3. The Bertz CT molecular complexity index is 1000. The number of nitrogens with zero attached hydrogens (tertiary/aromatic N) is 2. The first-order valence-electron chi connectivity index (χ1n) is 11.3. The van der Waals surface area contributed by atoms with Crippen LogP contribution in [0, 0.1) is 5.92 Å². The predicted octanol–water partition coefficient (Wildman–Crippen LogP) is 5.54. The van der Waals surface area contributed by atoms with Gasteiger partial charge in [0.1, 0.15) is 16.4 Å². The van der Waals surface area contributed by atoms with Crippen molar-refractivity contribution < 1.29 is 14.3 Å². The molecular formula is C24H29N3O3S2. The summed E-state index contributed by atoms with van der Waals surface area (Å²) in [6, 6.07) is 6.86. The highest BCUT2D eigenvalue weighted by Crippen LogP contribution is 2.54. The molecule has 0 spiro atoms. The lowest BCUT2D eigenvalue weighted by molar-refractivity contribution is -0.115. The van der Waals surface area contributed by atoms with Gasteiger partial charge in [-0.25, -0.2) is 14.8 Å². The van der Waals surface area contributed by atoms with E-state index in [1.54, 1.807) is 37.5 Å². The number of rotatable bonds is 7. The van der Waals surface area contributed by atoms with Crippen molar-refractivity contribution in [1.82, 2.24) is 9.97 Å². The third-order valence-corrected chi connectivity index (χ3v) is 8.81. The largest absolute Gasteiger partial charge is 0.462 e. The third-order valence-electron chi connectivity index (χ3n) is 6.06. The lowest BCUT2D eigenvalue weighted by Crippen LogP contribution is -2.25. The number of benzene rings is 1. The van der Waals surface area contributed by atoms with E-state index in [4.69, 9.17) is 4.74 Å². The van der Waals surface area contributed by atoms with E-state index in [0.717, 1.165) is 22.4 Å². The zero-order valence-corrected chi connectivity index (χ0v) is 20.3. The fourth-order valence-electron chi connectivity index (χ4n) is 4.42. The Kier molecular flexibility index (Phi) is 7.40. The first kappa shape index (κ1) is 23.1. The number of hydrogen-bond donors (Lipinski definition) is 1. The van der Waals surface area contributed by atoms with Crippen molar-refractivity contribution in [3.8, 4) is 0 Å². The van der Waals surface area contributed by atoms with E-state index in [2.05, 4.69) is 22.2 Å². The van der Waals surface area contributed by atoms with Crippen molar-refractivity contribution in [2.75, 3.05) is 11.9 Å². The summed E-state index contributed by atoms with van der Waals surface area (Å²) in [5.41, 5.74) is 2.26. The minimum Gasteiger partial charge on any atom is -0.462 e. The van der Waals surface area contributed by atoms with E-state index in [9.17, 15) is 9.59 Å². The highest BCUT2D eigenvalue weighted by Gasteiger charge is 2.40. The molecule has 1 aliphatic heterocycles. The van der Waals surface area contributed by atoms with Crippen LogP contribution in [0.4, 0.5) is 5.69 Å². The first-order valence-corrected chi connectivity index (χ1v) is 13.0. The van der Waals surface area contributed by atoms with Crippen molar-refractivity contribution in [3.05, 3.63) is 41.7 Å². The molecule has 32 heavy (non-hydrogen) atoms. The summed E-state index contributed by atoms with van der Waals surface area (Å²) in [6.07, 6.45) is 5.91. The number of ether oxygens (including phenoxy) is 1. The van der Waals surface area contributed by atoms with Gasteiger partial charge in [-0.05, 0) is 50.3 Å². The number of anilines is 1. The lowest BCUT2D eigenvalue weighted by atomic mass is 9.80. The molecule has 1 aromatic carbocycles. The summed E-state index contributed by atoms with van der Waals surface area (Å²) < 4.78 is 5.06. The monoisotopic (exact) mass is 471 g/mol. The number of aromatic nitrogens is 2. The number of carbonyl (C=O) groups is 2. The maximum atomic E-state index is 13.1. The van der Waals surface area contributed by atoms with Gasteiger partial charge in [0.2, 0.25) is 5.91 Å². The van der Waals surface area contributed by atoms with Crippen LogP contribution in [0.5, 0.6) is 0 Å². The molecule has 4 unspecified atom stereocenters. The number of esters is 1. The van der Waals surface area contributed by atoms with Gasteiger partial charge in [-0.3, -0.25) is 4.79 Å². The molecule has 6 nitrogen and oxygen atoms in total. The van der Waals surface area contributed by atoms with Gasteiger partial charge in [-0.15, -0.1) is 11.8 Å². The van der Waals surface area contributed by atoms with Crippen molar-refractivity contribution in [2.24, 2.45) is 5.92 Å². The van der Waals surface area contributed by atoms with Crippen LogP contribution in [0.2, 0.25) is 0 Å². The van der Waals surface area contributed by atoms with Crippen LogP contribution in [0.15, 0.2) is 40.6 Å². The number of nitrogens with one attached hydrogen (secondary N) is 1. The molecule has 0 saturated heterocycles. The van der Waals surface area contributed by atoms with E-state index < -0.39 is 5.97 Å². The van der Waals surface area contributed by atoms with Crippen LogP contribution in [-0.2, 0) is 9.53 Å². The number of thioether (sulfide) groups is 2. The molecule has 2 heterocycles. The second-order valence-corrected chi connectivity index (χ2v) is 10.8. The fraction of sp³-hybridized carbons (Fsp3) is 0.500. The molecule has 1 fully saturated rings. The molecule has 0 radical (unpaired) electrons. The van der Waals surface area contributed by atoms with E-state index in [1.807, 2.05) is 18.7 Å². The number of carbonyl (C=O) groups excluding carboxylic acids is 2. The van der Waals surface area contributed by atoms with Gasteiger partial charge in [-0.1, -0.05) is 38.1 Å². The van der Waals surface area contributed by atoms with Crippen LogP contribution in [-0.4, -0.2) is 39.0 Å². The van der Waals surface area contributed by atoms with Gasteiger partial charge in [0.15, 0.2) is 0 Å². The number of amides is 1. The first-order chi connectivity index (χ1) is 15.5. The molecule has 2 aromatic rings. The molecule has 4 rings (SSSR count). The van der Waals surface area contributed by atoms with Crippen LogP contribution in [0.3, 0.4) is 0 Å². The molecule has 4 atom stereocenters. The molecule has 1 N–H and O–H groups in total. The van der Waals surface area contributed by atoms with Gasteiger partial charge >= 0.3 is 5.97 Å². The molecule has 170 valence electrons. The smallest absolute Gasteiger partial charge is 0.338 e. The van der Waals surface area contributed by atoms with Crippen molar-refractivity contribution in [2.45, 2.75) is 72.9 Å². The number of hydrogen-bond acceptors (Lipinski definition) is 7. The predicted molar refractivity (Wildman–Crippen MR) is 128 cm³/mol. The van der Waals surface area contributed by atoms with Gasteiger partial charge in [-0.2, -0.15) is 0 Å². The molecule has 1 amide bonds. The standard InChI is InChI=1S/C24H29N3O3S2/c1-4-18(21(28)27-16-8-6-7-15(12-16)24(29)30-5-2)31-22-20-17-10-9-14(3)11-19(17)32-23(20)26-13-25-22/h6-8,12-14,17-19H,4-5,9-11H2,1-3H3,(H,27,28). The molecule has 1 aromatic heterocycles. The topological polar surface area (TPSA) is 81.2 Å². The Morgan fingerprint density at radius 3 is 2.91 bits per heavy atom. The Hall–Kier alpha value is -2.06. The Morgan fingerprint density at radius 2 is 2.12 bits per heavy atom. The number of fused-ring (bicyclic) bond motifs is 3. The zero-order valence-electron chi connectivity index (χ0n) is 18.7. The average Bonchev–Trinajstić information content (AvgIpc) is 3.15. The van der Waals surface area contributed by atoms with E-state index in [0.29, 0.717) is 35.4 Å². The van der Waals surface area contributed by atoms with Gasteiger partial charge in [0, 0.05) is 22.4 Å². The Labute approximate surface area is 197 Å².